The van der Waals surface area contributed by atoms with Crippen molar-refractivity contribution in [2.24, 2.45) is 5.92 Å². The van der Waals surface area contributed by atoms with E-state index in [2.05, 4.69) is 24.4 Å². The Labute approximate surface area is 91.7 Å². The summed E-state index contributed by atoms with van der Waals surface area (Å²) in [7, 11) is 0. The van der Waals surface area contributed by atoms with Crippen LogP contribution in [0.15, 0.2) is 30.3 Å². The lowest BCUT2D eigenvalue weighted by molar-refractivity contribution is -0.124. The van der Waals surface area contributed by atoms with E-state index in [-0.39, 0.29) is 11.8 Å². The summed E-state index contributed by atoms with van der Waals surface area (Å²) in [6.07, 6.45) is 0. The first-order valence-corrected chi connectivity index (χ1v) is 5.44. The highest BCUT2D eigenvalue weighted by Gasteiger charge is 2.09. The standard InChI is InChI=1S/C13H19NO/c1-10(2)13(15)14-9-11(3)12-7-5-4-6-8-12/h4-8,10-11H,9H2,1-3H3,(H,14,15). The molecule has 0 heterocycles. The van der Waals surface area contributed by atoms with E-state index in [1.165, 1.54) is 5.56 Å². The maximum Gasteiger partial charge on any atom is 0.222 e. The van der Waals surface area contributed by atoms with Crippen molar-refractivity contribution < 1.29 is 4.79 Å². The summed E-state index contributed by atoms with van der Waals surface area (Å²) in [6, 6.07) is 10.2. The van der Waals surface area contributed by atoms with Crippen LogP contribution < -0.4 is 5.32 Å². The molecule has 15 heavy (non-hydrogen) atoms. The molecule has 1 aromatic carbocycles. The van der Waals surface area contributed by atoms with Crippen LogP contribution in [-0.4, -0.2) is 12.5 Å². The van der Waals surface area contributed by atoms with Crippen molar-refractivity contribution in [2.75, 3.05) is 6.54 Å². The van der Waals surface area contributed by atoms with Crippen LogP contribution in [0.3, 0.4) is 0 Å². The molecule has 1 unspecified atom stereocenters. The van der Waals surface area contributed by atoms with E-state index >= 15 is 0 Å². The van der Waals surface area contributed by atoms with Crippen LogP contribution in [0.25, 0.3) is 0 Å². The van der Waals surface area contributed by atoms with E-state index in [4.69, 9.17) is 0 Å². The molecule has 0 aliphatic heterocycles. The lowest BCUT2D eigenvalue weighted by atomic mass is 10.0. The Balaban J connectivity index is 2.44. The van der Waals surface area contributed by atoms with Crippen molar-refractivity contribution in [3.05, 3.63) is 35.9 Å². The molecule has 1 atom stereocenters. The largest absolute Gasteiger partial charge is 0.355 e. The summed E-state index contributed by atoms with van der Waals surface area (Å²) in [6.45, 7) is 6.64. The van der Waals surface area contributed by atoms with Gasteiger partial charge in [0.2, 0.25) is 5.91 Å². The quantitative estimate of drug-likeness (QED) is 0.804. The second-order valence-electron chi connectivity index (χ2n) is 4.21. The van der Waals surface area contributed by atoms with E-state index < -0.39 is 0 Å². The van der Waals surface area contributed by atoms with Crippen LogP contribution in [0, 0.1) is 5.92 Å². The van der Waals surface area contributed by atoms with Gasteiger partial charge in [-0.3, -0.25) is 4.79 Å². The molecule has 0 aromatic heterocycles. The highest BCUT2D eigenvalue weighted by atomic mass is 16.1. The fraction of sp³-hybridized carbons (Fsp3) is 0.462. The minimum Gasteiger partial charge on any atom is -0.355 e. The number of carbonyl (C=O) groups excluding carboxylic acids is 1. The van der Waals surface area contributed by atoms with Gasteiger partial charge in [0, 0.05) is 12.5 Å². The average molecular weight is 205 g/mol. The van der Waals surface area contributed by atoms with Crippen LogP contribution in [0.5, 0.6) is 0 Å². The van der Waals surface area contributed by atoms with Gasteiger partial charge < -0.3 is 5.32 Å². The van der Waals surface area contributed by atoms with Gasteiger partial charge in [0.05, 0.1) is 0 Å². The molecule has 0 aliphatic rings. The number of nitrogens with one attached hydrogen (secondary N) is 1. The first-order valence-electron chi connectivity index (χ1n) is 5.44. The van der Waals surface area contributed by atoms with E-state index in [0.29, 0.717) is 12.5 Å². The monoisotopic (exact) mass is 205 g/mol. The minimum absolute atomic E-state index is 0.0629. The van der Waals surface area contributed by atoms with Gasteiger partial charge in [0.15, 0.2) is 0 Å². The Morgan fingerprint density at radius 1 is 1.20 bits per heavy atom. The molecular weight excluding hydrogens is 186 g/mol. The number of benzene rings is 1. The second-order valence-corrected chi connectivity index (χ2v) is 4.21. The summed E-state index contributed by atoms with van der Waals surface area (Å²) in [5, 5.41) is 2.94. The fourth-order valence-corrected chi connectivity index (χ4v) is 1.36. The number of amides is 1. The van der Waals surface area contributed by atoms with Crippen molar-refractivity contribution >= 4 is 5.91 Å². The van der Waals surface area contributed by atoms with Crippen molar-refractivity contribution in [2.45, 2.75) is 26.7 Å². The lowest BCUT2D eigenvalue weighted by Crippen LogP contribution is -2.30. The molecule has 0 aliphatic carbocycles. The van der Waals surface area contributed by atoms with Gasteiger partial charge in [0.25, 0.3) is 0 Å². The maximum atomic E-state index is 11.4. The van der Waals surface area contributed by atoms with Crippen LogP contribution in [-0.2, 0) is 4.79 Å². The summed E-state index contributed by atoms with van der Waals surface area (Å²) >= 11 is 0. The first-order chi connectivity index (χ1) is 7.11. The van der Waals surface area contributed by atoms with E-state index in [0.717, 1.165) is 0 Å². The van der Waals surface area contributed by atoms with Gasteiger partial charge in [-0.2, -0.15) is 0 Å². The predicted molar refractivity (Wildman–Crippen MR) is 62.7 cm³/mol. The Morgan fingerprint density at radius 3 is 2.33 bits per heavy atom. The van der Waals surface area contributed by atoms with Gasteiger partial charge in [-0.15, -0.1) is 0 Å². The highest BCUT2D eigenvalue weighted by Crippen LogP contribution is 2.13. The fourth-order valence-electron chi connectivity index (χ4n) is 1.36. The zero-order chi connectivity index (χ0) is 11.3. The smallest absolute Gasteiger partial charge is 0.222 e. The van der Waals surface area contributed by atoms with E-state index in [1.54, 1.807) is 0 Å². The van der Waals surface area contributed by atoms with Crippen LogP contribution in [0.4, 0.5) is 0 Å². The molecule has 0 spiro atoms. The maximum absolute atomic E-state index is 11.4. The van der Waals surface area contributed by atoms with Gasteiger partial charge in [-0.05, 0) is 11.5 Å². The van der Waals surface area contributed by atoms with E-state index in [9.17, 15) is 4.79 Å². The van der Waals surface area contributed by atoms with E-state index in [1.807, 2.05) is 32.0 Å². The molecular formula is C13H19NO. The average Bonchev–Trinajstić information content (AvgIpc) is 2.26. The molecule has 0 saturated heterocycles. The Kier molecular flexibility index (Phi) is 4.35. The Bertz CT molecular complexity index is 306. The molecule has 2 heteroatoms. The van der Waals surface area contributed by atoms with Crippen LogP contribution in [0.1, 0.15) is 32.3 Å². The van der Waals surface area contributed by atoms with Gasteiger partial charge in [-0.25, -0.2) is 0 Å². The van der Waals surface area contributed by atoms with Crippen molar-refractivity contribution in [3.63, 3.8) is 0 Å². The second kappa shape index (κ2) is 5.54. The molecule has 82 valence electrons. The Hall–Kier alpha value is -1.31. The van der Waals surface area contributed by atoms with Gasteiger partial charge in [0.1, 0.15) is 0 Å². The molecule has 1 rings (SSSR count). The summed E-state index contributed by atoms with van der Waals surface area (Å²) in [5.74, 6) is 0.555. The molecule has 0 fully saturated rings. The highest BCUT2D eigenvalue weighted by molar-refractivity contribution is 5.77. The molecule has 0 radical (unpaired) electrons. The number of rotatable bonds is 4. The summed E-state index contributed by atoms with van der Waals surface area (Å²) < 4.78 is 0. The number of hydrogen-bond donors (Lipinski definition) is 1. The number of carbonyl (C=O) groups is 1. The third kappa shape index (κ3) is 3.74. The zero-order valence-corrected chi connectivity index (χ0v) is 9.66. The molecule has 1 N–H and O–H groups in total. The molecule has 2 nitrogen and oxygen atoms in total. The minimum atomic E-state index is 0.0629. The topological polar surface area (TPSA) is 29.1 Å². The molecule has 1 aromatic rings. The van der Waals surface area contributed by atoms with Gasteiger partial charge >= 0.3 is 0 Å². The molecule has 1 amide bonds. The molecule has 0 saturated carbocycles. The lowest BCUT2D eigenvalue weighted by Gasteiger charge is -2.14. The summed E-state index contributed by atoms with van der Waals surface area (Å²) in [4.78, 5) is 11.4. The summed E-state index contributed by atoms with van der Waals surface area (Å²) in [5.41, 5.74) is 1.27. The third-order valence-corrected chi connectivity index (χ3v) is 2.48. The first kappa shape index (κ1) is 11.8. The SMILES string of the molecule is CC(C)C(=O)NCC(C)c1ccccc1. The van der Waals surface area contributed by atoms with Crippen molar-refractivity contribution in [1.29, 1.82) is 0 Å². The number of hydrogen-bond acceptors (Lipinski definition) is 1. The zero-order valence-electron chi connectivity index (χ0n) is 9.66. The van der Waals surface area contributed by atoms with Crippen LogP contribution in [0.2, 0.25) is 0 Å². The van der Waals surface area contributed by atoms with Crippen molar-refractivity contribution in [1.82, 2.24) is 5.32 Å². The predicted octanol–water partition coefficient (Wildman–Crippen LogP) is 2.56. The van der Waals surface area contributed by atoms with Crippen molar-refractivity contribution in [3.8, 4) is 0 Å². The normalized spacial score (nSPS) is 12.5. The third-order valence-electron chi connectivity index (χ3n) is 2.48. The van der Waals surface area contributed by atoms with Crippen LogP contribution >= 0.6 is 0 Å². The molecule has 0 bridgehead atoms. The Morgan fingerprint density at radius 2 is 1.80 bits per heavy atom. The van der Waals surface area contributed by atoms with Gasteiger partial charge in [-0.1, -0.05) is 51.1 Å².